The number of nitrogens with zero attached hydrogens (tertiary/aromatic N) is 5. The summed E-state index contributed by atoms with van der Waals surface area (Å²) in [6, 6.07) is 13.0. The van der Waals surface area contributed by atoms with E-state index in [-0.39, 0.29) is 12.6 Å². The Morgan fingerprint density at radius 3 is 2.65 bits per heavy atom. The van der Waals surface area contributed by atoms with Gasteiger partial charge in [0.2, 0.25) is 5.95 Å². The van der Waals surface area contributed by atoms with Crippen molar-refractivity contribution in [3.8, 4) is 0 Å². The molecule has 0 radical (unpaired) electrons. The molecule has 1 saturated heterocycles. The minimum absolute atomic E-state index is 0.0819. The van der Waals surface area contributed by atoms with Gasteiger partial charge in [-0.25, -0.2) is 4.98 Å². The second kappa shape index (κ2) is 13.4. The van der Waals surface area contributed by atoms with Crippen LogP contribution in [0, 0.1) is 20.8 Å². The minimum Gasteiger partial charge on any atom is -0.396 e. The maximum atomic E-state index is 9.56. The summed E-state index contributed by atoms with van der Waals surface area (Å²) in [4.78, 5) is 17.7. The zero-order chi connectivity index (χ0) is 29.8. The van der Waals surface area contributed by atoms with Crippen molar-refractivity contribution < 1.29 is 9.84 Å². The number of aryl methyl sites for hydroxylation is 4. The predicted octanol–water partition coefficient (Wildman–Crippen LogP) is 4.96. The molecule has 1 aliphatic heterocycles. The van der Waals surface area contributed by atoms with Gasteiger partial charge < -0.3 is 25.0 Å². The summed E-state index contributed by atoms with van der Waals surface area (Å²) >= 11 is 0. The normalized spacial score (nSPS) is 17.3. The fourth-order valence-electron chi connectivity index (χ4n) is 6.38. The van der Waals surface area contributed by atoms with Crippen LogP contribution in [0.4, 0.5) is 11.6 Å². The molecule has 2 aromatic heterocycles. The van der Waals surface area contributed by atoms with Gasteiger partial charge in [0, 0.05) is 38.5 Å². The zero-order valence-electron chi connectivity index (χ0n) is 25.8. The van der Waals surface area contributed by atoms with Gasteiger partial charge in [-0.2, -0.15) is 0 Å². The van der Waals surface area contributed by atoms with E-state index in [2.05, 4.69) is 77.3 Å². The van der Waals surface area contributed by atoms with Gasteiger partial charge in [-0.05, 0) is 94.3 Å². The van der Waals surface area contributed by atoms with Crippen molar-refractivity contribution in [2.24, 2.45) is 0 Å². The van der Waals surface area contributed by atoms with E-state index >= 15 is 0 Å². The highest BCUT2D eigenvalue weighted by atomic mass is 16.5. The van der Waals surface area contributed by atoms with Crippen LogP contribution in [0.25, 0.3) is 11.0 Å². The molecule has 1 atom stereocenters. The molecule has 0 saturated carbocycles. The molecule has 3 N–H and O–H groups in total. The number of hydrogen-bond acceptors (Lipinski definition) is 8. The Morgan fingerprint density at radius 2 is 1.81 bits per heavy atom. The van der Waals surface area contributed by atoms with Crippen LogP contribution in [0.3, 0.4) is 0 Å². The molecule has 0 spiro atoms. The lowest BCUT2D eigenvalue weighted by atomic mass is 9.94. The number of benzene rings is 2. The third-order valence-corrected chi connectivity index (χ3v) is 8.85. The van der Waals surface area contributed by atoms with Gasteiger partial charge in [0.15, 0.2) is 0 Å². The van der Waals surface area contributed by atoms with E-state index in [9.17, 15) is 5.11 Å². The molecule has 0 amide bonds. The van der Waals surface area contributed by atoms with E-state index in [4.69, 9.17) is 19.7 Å². The van der Waals surface area contributed by atoms with Crippen LogP contribution in [0.15, 0.2) is 36.4 Å². The molecule has 228 valence electrons. The summed E-state index contributed by atoms with van der Waals surface area (Å²) < 4.78 is 7.90. The standard InChI is InChI=1S/C34H45N7O2/c1-23-8-10-27(12-17-42)30(20-23)36-22-26-9-11-28-32(21-26)41(31-7-4-6-29-33(31)38-25(3)24(2)37-29)34(39-28)35-13-5-14-40-15-18-43-19-16-40/h8-11,20-21,31,36,42H,4-7,12-19,22H2,1-3H3,(H,35,39). The first-order valence-corrected chi connectivity index (χ1v) is 15.8. The third-order valence-electron chi connectivity index (χ3n) is 8.85. The second-order valence-electron chi connectivity index (χ2n) is 12.0. The Labute approximate surface area is 254 Å². The Balaban J connectivity index is 1.30. The molecule has 0 bridgehead atoms. The highest BCUT2D eigenvalue weighted by Crippen LogP contribution is 2.37. The number of aliphatic hydroxyl groups excluding tert-OH is 1. The lowest BCUT2D eigenvalue weighted by Gasteiger charge is -2.28. The smallest absolute Gasteiger partial charge is 0.204 e. The maximum absolute atomic E-state index is 9.56. The average Bonchev–Trinajstić information content (AvgIpc) is 3.37. The van der Waals surface area contributed by atoms with Gasteiger partial charge in [-0.15, -0.1) is 0 Å². The SMILES string of the molecule is Cc1ccc(CCO)c(NCc2ccc3nc(NCCCN4CCOCC4)n(C4CCCc5nc(C)c(C)nc54)c3c2)c1. The monoisotopic (exact) mass is 583 g/mol. The van der Waals surface area contributed by atoms with E-state index in [1.165, 1.54) is 11.1 Å². The number of rotatable bonds is 11. The Morgan fingerprint density at radius 1 is 0.977 bits per heavy atom. The van der Waals surface area contributed by atoms with Crippen LogP contribution in [0.5, 0.6) is 0 Å². The first-order chi connectivity index (χ1) is 21.0. The van der Waals surface area contributed by atoms with Crippen molar-refractivity contribution >= 4 is 22.7 Å². The Bertz CT molecular complexity index is 1560. The fourth-order valence-corrected chi connectivity index (χ4v) is 6.38. The van der Waals surface area contributed by atoms with Crippen molar-refractivity contribution in [1.82, 2.24) is 24.4 Å². The van der Waals surface area contributed by atoms with Gasteiger partial charge in [-0.3, -0.25) is 14.9 Å². The highest BCUT2D eigenvalue weighted by molar-refractivity contribution is 5.80. The molecule has 1 fully saturated rings. The van der Waals surface area contributed by atoms with E-state index in [1.54, 1.807) is 0 Å². The van der Waals surface area contributed by atoms with Gasteiger partial charge in [0.1, 0.15) is 0 Å². The summed E-state index contributed by atoms with van der Waals surface area (Å²) in [5, 5.41) is 16.9. The van der Waals surface area contributed by atoms with Crippen LogP contribution >= 0.6 is 0 Å². The van der Waals surface area contributed by atoms with Crippen molar-refractivity contribution in [2.45, 2.75) is 65.5 Å². The molecule has 6 rings (SSSR count). The Kier molecular flexibility index (Phi) is 9.21. The number of ether oxygens (including phenoxy) is 1. The molecule has 3 heterocycles. The lowest BCUT2D eigenvalue weighted by Crippen LogP contribution is -2.37. The van der Waals surface area contributed by atoms with Gasteiger partial charge in [0.25, 0.3) is 0 Å². The molecule has 1 aliphatic carbocycles. The fraction of sp³-hybridized carbons (Fsp3) is 0.500. The number of nitrogens with one attached hydrogen (secondary N) is 2. The number of morpholine rings is 1. The summed E-state index contributed by atoms with van der Waals surface area (Å²) in [7, 11) is 0. The molecule has 43 heavy (non-hydrogen) atoms. The van der Waals surface area contributed by atoms with E-state index in [1.807, 2.05) is 0 Å². The number of hydrogen-bond donors (Lipinski definition) is 3. The average molecular weight is 584 g/mol. The molecule has 1 unspecified atom stereocenters. The summed E-state index contributed by atoms with van der Waals surface area (Å²) in [5.41, 5.74) is 10.9. The number of anilines is 2. The summed E-state index contributed by atoms with van der Waals surface area (Å²) in [5.74, 6) is 0.906. The summed E-state index contributed by atoms with van der Waals surface area (Å²) in [6.07, 6.45) is 4.73. The predicted molar refractivity (Wildman–Crippen MR) is 172 cm³/mol. The van der Waals surface area contributed by atoms with E-state index < -0.39 is 0 Å². The third kappa shape index (κ3) is 6.69. The van der Waals surface area contributed by atoms with Gasteiger partial charge in [-0.1, -0.05) is 18.2 Å². The molecule has 9 nitrogen and oxygen atoms in total. The lowest BCUT2D eigenvalue weighted by molar-refractivity contribution is 0.0378. The van der Waals surface area contributed by atoms with Crippen LogP contribution in [0.1, 0.15) is 64.8 Å². The topological polar surface area (TPSA) is 100 Å². The van der Waals surface area contributed by atoms with Gasteiger partial charge >= 0.3 is 0 Å². The van der Waals surface area contributed by atoms with Crippen LogP contribution in [-0.4, -0.2) is 75.5 Å². The Hall–Kier alpha value is -3.53. The second-order valence-corrected chi connectivity index (χ2v) is 12.0. The van der Waals surface area contributed by atoms with Crippen molar-refractivity contribution in [3.05, 3.63) is 75.9 Å². The molecule has 9 heteroatoms. The zero-order valence-corrected chi connectivity index (χ0v) is 25.8. The first kappa shape index (κ1) is 29.5. The highest BCUT2D eigenvalue weighted by Gasteiger charge is 2.29. The van der Waals surface area contributed by atoms with E-state index in [0.29, 0.717) is 13.0 Å². The van der Waals surface area contributed by atoms with E-state index in [0.717, 1.165) is 116 Å². The van der Waals surface area contributed by atoms with Crippen molar-refractivity contribution in [1.29, 1.82) is 0 Å². The number of aliphatic hydroxyl groups is 1. The number of imidazole rings is 1. The number of fused-ring (bicyclic) bond motifs is 2. The van der Waals surface area contributed by atoms with Crippen molar-refractivity contribution in [2.75, 3.05) is 56.6 Å². The maximum Gasteiger partial charge on any atom is 0.204 e. The molecule has 4 aromatic rings. The minimum atomic E-state index is 0.0819. The largest absolute Gasteiger partial charge is 0.396 e. The molecule has 2 aromatic carbocycles. The molecule has 2 aliphatic rings. The van der Waals surface area contributed by atoms with Crippen LogP contribution in [0.2, 0.25) is 0 Å². The first-order valence-electron chi connectivity index (χ1n) is 15.8. The summed E-state index contributed by atoms with van der Waals surface area (Å²) in [6.45, 7) is 12.6. The van der Waals surface area contributed by atoms with Gasteiger partial charge in [0.05, 0.1) is 53.1 Å². The van der Waals surface area contributed by atoms with Crippen LogP contribution in [-0.2, 0) is 24.1 Å². The van der Waals surface area contributed by atoms with Crippen LogP contribution < -0.4 is 10.6 Å². The quantitative estimate of drug-likeness (QED) is 0.213. The number of aromatic nitrogens is 4. The molecular weight excluding hydrogens is 538 g/mol. The molecular formula is C34H45N7O2. The van der Waals surface area contributed by atoms with Crippen molar-refractivity contribution in [3.63, 3.8) is 0 Å².